The van der Waals surface area contributed by atoms with E-state index in [0.29, 0.717) is 6.61 Å². The number of hydrogen-bond donors (Lipinski definition) is 1. The first-order chi connectivity index (χ1) is 17.6. The highest BCUT2D eigenvalue weighted by atomic mass is 16.5. The smallest absolute Gasteiger partial charge is 0.308 e. The summed E-state index contributed by atoms with van der Waals surface area (Å²) in [6.45, 7) is 16.5. The molecule has 0 heterocycles. The van der Waals surface area contributed by atoms with Crippen molar-refractivity contribution >= 4 is 5.97 Å². The standard InChI is InChI=1S/C32H62N2O2/c1-6-9-12-14-15-19-24-31(23-18-13-10-7-2)32(35)36-29-21-17-16-20-25-33-26-22-28-34(30(4)5)27-11-8-3/h11,27,31,33H,4,6-10,12-26,28-29H2,1-3,5H3/b27-11-. The molecule has 0 aromatic rings. The molecule has 0 aliphatic carbocycles. The van der Waals surface area contributed by atoms with Gasteiger partial charge in [0, 0.05) is 12.2 Å². The van der Waals surface area contributed by atoms with Gasteiger partial charge in [0.05, 0.1) is 12.5 Å². The molecular weight excluding hydrogens is 444 g/mol. The number of unbranched alkanes of at least 4 members (excludes halogenated alkanes) is 11. The molecule has 0 aliphatic heterocycles. The van der Waals surface area contributed by atoms with Crippen molar-refractivity contribution in [2.75, 3.05) is 26.2 Å². The Kier molecular flexibility index (Phi) is 25.8. The fourth-order valence-electron chi connectivity index (χ4n) is 4.49. The number of hydrogen-bond acceptors (Lipinski definition) is 4. The summed E-state index contributed by atoms with van der Waals surface area (Å²) in [5, 5.41) is 3.56. The highest BCUT2D eigenvalue weighted by molar-refractivity contribution is 5.72. The molecule has 0 saturated carbocycles. The molecule has 0 aromatic heterocycles. The van der Waals surface area contributed by atoms with Gasteiger partial charge < -0.3 is 15.0 Å². The molecule has 0 saturated heterocycles. The van der Waals surface area contributed by atoms with E-state index in [1.807, 2.05) is 0 Å². The largest absolute Gasteiger partial charge is 0.465 e. The lowest BCUT2D eigenvalue weighted by atomic mass is 9.94. The lowest BCUT2D eigenvalue weighted by Crippen LogP contribution is -2.23. The maximum atomic E-state index is 12.7. The van der Waals surface area contributed by atoms with Crippen LogP contribution in [0.2, 0.25) is 0 Å². The number of carbonyl (C=O) groups excluding carboxylic acids is 1. The van der Waals surface area contributed by atoms with Gasteiger partial charge in [0.25, 0.3) is 0 Å². The third kappa shape index (κ3) is 21.9. The zero-order chi connectivity index (χ0) is 26.7. The molecule has 1 N–H and O–H groups in total. The molecule has 4 heteroatoms. The molecule has 0 aliphatic rings. The third-order valence-electron chi connectivity index (χ3n) is 6.90. The number of nitrogens with one attached hydrogen (secondary N) is 1. The molecule has 0 amide bonds. The Morgan fingerprint density at radius 2 is 1.36 bits per heavy atom. The van der Waals surface area contributed by atoms with Crippen LogP contribution in [0, 0.1) is 5.92 Å². The molecule has 1 unspecified atom stereocenters. The van der Waals surface area contributed by atoms with E-state index in [2.05, 4.69) is 56.8 Å². The summed E-state index contributed by atoms with van der Waals surface area (Å²) in [7, 11) is 0. The predicted molar refractivity (Wildman–Crippen MR) is 158 cm³/mol. The van der Waals surface area contributed by atoms with Gasteiger partial charge >= 0.3 is 5.97 Å². The highest BCUT2D eigenvalue weighted by Gasteiger charge is 2.19. The monoisotopic (exact) mass is 506 g/mol. The lowest BCUT2D eigenvalue weighted by molar-refractivity contribution is -0.149. The molecule has 1 atom stereocenters. The summed E-state index contributed by atoms with van der Waals surface area (Å²) in [6, 6.07) is 0. The molecule has 0 bridgehead atoms. The quantitative estimate of drug-likeness (QED) is 0.0890. The second kappa shape index (κ2) is 26.8. The van der Waals surface area contributed by atoms with E-state index in [4.69, 9.17) is 4.74 Å². The van der Waals surface area contributed by atoms with E-state index in [1.54, 1.807) is 0 Å². The molecule has 0 radical (unpaired) electrons. The third-order valence-corrected chi connectivity index (χ3v) is 6.90. The summed E-state index contributed by atoms with van der Waals surface area (Å²) < 4.78 is 5.71. The van der Waals surface area contributed by atoms with E-state index in [1.165, 1.54) is 70.6 Å². The van der Waals surface area contributed by atoms with Gasteiger partial charge in [-0.2, -0.15) is 0 Å². The average Bonchev–Trinajstić information content (AvgIpc) is 2.87. The SMILES string of the molecule is C=C(C)N(/C=C\CC)CCCNCCCCCCOC(=O)C(CCCCCC)CCCCCCCC. The fraction of sp³-hybridized carbons (Fsp3) is 0.844. The van der Waals surface area contributed by atoms with Crippen molar-refractivity contribution < 1.29 is 9.53 Å². The summed E-state index contributed by atoms with van der Waals surface area (Å²) >= 11 is 0. The van der Waals surface area contributed by atoms with E-state index in [-0.39, 0.29) is 11.9 Å². The minimum atomic E-state index is 0.0688. The molecule has 212 valence electrons. The topological polar surface area (TPSA) is 41.6 Å². The van der Waals surface area contributed by atoms with Gasteiger partial charge in [-0.05, 0) is 64.7 Å². The summed E-state index contributed by atoms with van der Waals surface area (Å²) in [4.78, 5) is 14.9. The highest BCUT2D eigenvalue weighted by Crippen LogP contribution is 2.20. The first-order valence-corrected chi connectivity index (χ1v) is 15.5. The van der Waals surface area contributed by atoms with Gasteiger partial charge in [-0.15, -0.1) is 0 Å². The van der Waals surface area contributed by atoms with Gasteiger partial charge in [-0.25, -0.2) is 0 Å². The van der Waals surface area contributed by atoms with Crippen LogP contribution >= 0.6 is 0 Å². The van der Waals surface area contributed by atoms with Gasteiger partial charge in [-0.3, -0.25) is 4.79 Å². The normalized spacial score (nSPS) is 12.2. The molecule has 4 nitrogen and oxygen atoms in total. The molecule has 0 aromatic carbocycles. The van der Waals surface area contributed by atoms with Crippen molar-refractivity contribution in [1.29, 1.82) is 0 Å². The van der Waals surface area contributed by atoms with Crippen molar-refractivity contribution in [3.63, 3.8) is 0 Å². The number of carbonyl (C=O) groups is 1. The summed E-state index contributed by atoms with van der Waals surface area (Å²) in [6.07, 6.45) is 25.7. The van der Waals surface area contributed by atoms with Gasteiger partial charge in [-0.1, -0.05) is 110 Å². The van der Waals surface area contributed by atoms with Crippen LogP contribution in [0.25, 0.3) is 0 Å². The van der Waals surface area contributed by atoms with Gasteiger partial charge in [0.1, 0.15) is 0 Å². The number of esters is 1. The predicted octanol–water partition coefficient (Wildman–Crippen LogP) is 9.17. The van der Waals surface area contributed by atoms with E-state index >= 15 is 0 Å². The molecule has 0 spiro atoms. The Morgan fingerprint density at radius 3 is 2.00 bits per heavy atom. The number of ether oxygens (including phenoxy) is 1. The number of rotatable bonds is 27. The van der Waals surface area contributed by atoms with Crippen molar-refractivity contribution in [2.24, 2.45) is 5.92 Å². The van der Waals surface area contributed by atoms with Crippen LogP contribution in [0.4, 0.5) is 0 Å². The molecule has 36 heavy (non-hydrogen) atoms. The Bertz CT molecular complexity index is 532. The Hall–Kier alpha value is -1.29. The minimum absolute atomic E-state index is 0.0688. The average molecular weight is 507 g/mol. The van der Waals surface area contributed by atoms with Crippen LogP contribution in [0.5, 0.6) is 0 Å². The summed E-state index contributed by atoms with van der Waals surface area (Å²) in [5.41, 5.74) is 1.10. The van der Waals surface area contributed by atoms with Crippen LogP contribution in [0.15, 0.2) is 24.6 Å². The molecule has 0 rings (SSSR count). The molecular formula is C32H62N2O2. The number of allylic oxidation sites excluding steroid dienone is 2. The zero-order valence-electron chi connectivity index (χ0n) is 24.8. The summed E-state index contributed by atoms with van der Waals surface area (Å²) in [5.74, 6) is 0.190. The van der Waals surface area contributed by atoms with Crippen LogP contribution < -0.4 is 5.32 Å². The second-order valence-electron chi connectivity index (χ2n) is 10.5. The van der Waals surface area contributed by atoms with Crippen LogP contribution in [-0.2, 0) is 9.53 Å². The first kappa shape index (κ1) is 34.7. The van der Waals surface area contributed by atoms with Crippen LogP contribution in [0.3, 0.4) is 0 Å². The Balaban J connectivity index is 3.89. The maximum Gasteiger partial charge on any atom is 0.308 e. The first-order valence-electron chi connectivity index (χ1n) is 15.5. The lowest BCUT2D eigenvalue weighted by Gasteiger charge is -2.20. The van der Waals surface area contributed by atoms with Crippen molar-refractivity contribution in [3.05, 3.63) is 24.6 Å². The van der Waals surface area contributed by atoms with Crippen molar-refractivity contribution in [2.45, 2.75) is 143 Å². The van der Waals surface area contributed by atoms with Crippen molar-refractivity contribution in [3.8, 4) is 0 Å². The van der Waals surface area contributed by atoms with E-state index in [0.717, 1.165) is 70.3 Å². The minimum Gasteiger partial charge on any atom is -0.465 e. The van der Waals surface area contributed by atoms with Crippen LogP contribution in [0.1, 0.15) is 143 Å². The van der Waals surface area contributed by atoms with E-state index in [9.17, 15) is 4.79 Å². The molecule has 0 fully saturated rings. The zero-order valence-corrected chi connectivity index (χ0v) is 24.8. The number of nitrogens with zero attached hydrogens (tertiary/aromatic N) is 1. The Labute approximate surface area is 225 Å². The van der Waals surface area contributed by atoms with Gasteiger partial charge in [0.15, 0.2) is 0 Å². The Morgan fingerprint density at radius 1 is 0.806 bits per heavy atom. The van der Waals surface area contributed by atoms with Gasteiger partial charge in [0.2, 0.25) is 0 Å². The van der Waals surface area contributed by atoms with Crippen LogP contribution in [-0.4, -0.2) is 37.1 Å². The van der Waals surface area contributed by atoms with E-state index < -0.39 is 0 Å². The fourth-order valence-corrected chi connectivity index (χ4v) is 4.49. The second-order valence-corrected chi connectivity index (χ2v) is 10.5. The maximum absolute atomic E-state index is 12.7. The van der Waals surface area contributed by atoms with Crippen molar-refractivity contribution in [1.82, 2.24) is 10.2 Å².